The van der Waals surface area contributed by atoms with E-state index in [1.807, 2.05) is 16.9 Å². The highest BCUT2D eigenvalue weighted by molar-refractivity contribution is 6.05. The maximum Gasteiger partial charge on any atom is 0.165 e. The van der Waals surface area contributed by atoms with E-state index in [0.717, 1.165) is 55.7 Å². The highest BCUT2D eigenvalue weighted by Crippen LogP contribution is 2.60. The zero-order valence-electron chi connectivity index (χ0n) is 18.4. The fraction of sp³-hybridized carbons (Fsp3) is 0.538. The molecule has 4 nitrogen and oxygen atoms in total. The summed E-state index contributed by atoms with van der Waals surface area (Å²) in [4.78, 5) is 13.5. The number of fused-ring (bicyclic) bond motifs is 5. The van der Waals surface area contributed by atoms with E-state index in [0.29, 0.717) is 23.5 Å². The van der Waals surface area contributed by atoms with Crippen molar-refractivity contribution >= 4 is 11.9 Å². The Balaban J connectivity index is 1.46. The topological polar surface area (TPSA) is 44.1 Å². The summed E-state index contributed by atoms with van der Waals surface area (Å²) in [7, 11) is 1.74. The van der Waals surface area contributed by atoms with Crippen molar-refractivity contribution < 1.29 is 9.53 Å². The smallest absolute Gasteiger partial charge is 0.165 e. The highest BCUT2D eigenvalue weighted by atomic mass is 16.5. The van der Waals surface area contributed by atoms with Crippen molar-refractivity contribution in [3.63, 3.8) is 0 Å². The zero-order chi connectivity index (χ0) is 20.9. The van der Waals surface area contributed by atoms with Gasteiger partial charge in [0, 0.05) is 18.2 Å². The van der Waals surface area contributed by atoms with Crippen molar-refractivity contribution in [3.05, 3.63) is 52.9 Å². The second-order valence-electron chi connectivity index (χ2n) is 9.62. The summed E-state index contributed by atoms with van der Waals surface area (Å²) in [5, 5.41) is 4.44. The normalized spacial score (nSPS) is 31.4. The van der Waals surface area contributed by atoms with E-state index in [2.05, 4.69) is 43.2 Å². The van der Waals surface area contributed by atoms with E-state index in [4.69, 9.17) is 4.74 Å². The third-order valence-electron chi connectivity index (χ3n) is 8.08. The molecule has 0 amide bonds. The number of carbonyl (C=O) groups is 1. The van der Waals surface area contributed by atoms with E-state index in [1.165, 1.54) is 17.5 Å². The molecule has 2 fully saturated rings. The summed E-state index contributed by atoms with van der Waals surface area (Å²) in [6.45, 7) is 5.29. The van der Waals surface area contributed by atoms with Crippen LogP contribution < -0.4 is 4.74 Å². The molecule has 3 aliphatic carbocycles. The quantitative estimate of drug-likeness (QED) is 0.639. The van der Waals surface area contributed by atoms with Gasteiger partial charge < -0.3 is 4.74 Å². The molecule has 0 aliphatic heterocycles. The van der Waals surface area contributed by atoms with Crippen molar-refractivity contribution in [2.24, 2.45) is 17.3 Å². The first-order valence-corrected chi connectivity index (χ1v) is 11.5. The van der Waals surface area contributed by atoms with Crippen LogP contribution in [0, 0.1) is 17.3 Å². The molecule has 158 valence electrons. The number of Topliss-reactive ketones (excluding diaryl/α,β-unsaturated/α-hetero) is 1. The maximum absolute atomic E-state index is 13.5. The minimum absolute atomic E-state index is 0.202. The van der Waals surface area contributed by atoms with Crippen LogP contribution in [0.25, 0.3) is 6.08 Å². The van der Waals surface area contributed by atoms with Crippen LogP contribution >= 0.6 is 0 Å². The Morgan fingerprint density at radius 1 is 1.30 bits per heavy atom. The third-order valence-corrected chi connectivity index (χ3v) is 8.08. The van der Waals surface area contributed by atoms with E-state index >= 15 is 0 Å². The number of aryl methyl sites for hydroxylation is 2. The van der Waals surface area contributed by atoms with E-state index in [9.17, 15) is 4.79 Å². The molecule has 1 heterocycles. The molecule has 2 aromatic rings. The number of aromatic nitrogens is 2. The Kier molecular flexibility index (Phi) is 4.83. The predicted molar refractivity (Wildman–Crippen MR) is 118 cm³/mol. The average Bonchev–Trinajstić information content (AvgIpc) is 3.30. The Hall–Kier alpha value is -2.36. The molecule has 0 N–H and O–H groups in total. The molecule has 3 aliphatic rings. The second-order valence-corrected chi connectivity index (χ2v) is 9.62. The summed E-state index contributed by atoms with van der Waals surface area (Å²) >= 11 is 0. The molecule has 0 spiro atoms. The third kappa shape index (κ3) is 2.95. The first-order chi connectivity index (χ1) is 14.5. The van der Waals surface area contributed by atoms with Crippen molar-refractivity contribution in [2.45, 2.75) is 64.8 Å². The second kappa shape index (κ2) is 7.40. The first kappa shape index (κ1) is 19.6. The Morgan fingerprint density at radius 3 is 2.97 bits per heavy atom. The zero-order valence-corrected chi connectivity index (χ0v) is 18.4. The van der Waals surface area contributed by atoms with E-state index in [-0.39, 0.29) is 5.41 Å². The number of hydrogen-bond donors (Lipinski definition) is 0. The van der Waals surface area contributed by atoms with Gasteiger partial charge in [-0.2, -0.15) is 5.10 Å². The fourth-order valence-corrected chi connectivity index (χ4v) is 6.53. The first-order valence-electron chi connectivity index (χ1n) is 11.5. The van der Waals surface area contributed by atoms with Crippen molar-refractivity contribution in [2.75, 3.05) is 7.11 Å². The number of rotatable bonds is 4. The van der Waals surface area contributed by atoms with Crippen LogP contribution in [0.1, 0.15) is 68.7 Å². The Morgan fingerprint density at radius 2 is 2.17 bits per heavy atom. The summed E-state index contributed by atoms with van der Waals surface area (Å²) in [6, 6.07) is 8.65. The van der Waals surface area contributed by atoms with Gasteiger partial charge in [0.05, 0.1) is 12.8 Å². The minimum atomic E-state index is -0.202. The number of benzene rings is 1. The molecule has 4 atom stereocenters. The molecule has 0 radical (unpaired) electrons. The van der Waals surface area contributed by atoms with Crippen LogP contribution in [0.3, 0.4) is 0 Å². The summed E-state index contributed by atoms with van der Waals surface area (Å²) in [5.74, 6) is 2.97. The van der Waals surface area contributed by atoms with Gasteiger partial charge >= 0.3 is 0 Å². The molecule has 2 saturated carbocycles. The van der Waals surface area contributed by atoms with E-state index in [1.54, 1.807) is 7.11 Å². The molecule has 1 aromatic carbocycles. The van der Waals surface area contributed by atoms with Gasteiger partial charge in [0.15, 0.2) is 5.78 Å². The average molecular weight is 405 g/mol. The highest BCUT2D eigenvalue weighted by Gasteiger charge is 2.56. The van der Waals surface area contributed by atoms with Crippen LogP contribution in [0.5, 0.6) is 5.75 Å². The van der Waals surface area contributed by atoms with Crippen molar-refractivity contribution in [1.29, 1.82) is 0 Å². The van der Waals surface area contributed by atoms with Gasteiger partial charge in [-0.1, -0.05) is 19.9 Å². The number of ketones is 1. The Labute approximate surface area is 179 Å². The van der Waals surface area contributed by atoms with Gasteiger partial charge in [0.25, 0.3) is 0 Å². The van der Waals surface area contributed by atoms with E-state index < -0.39 is 0 Å². The standard InChI is InChI=1S/C26H32N2O2/c1-4-13-28-19(10-12-27-28)14-18-16-24-23-7-5-17-15-20(30-3)6-8-21(17)22(23)9-11-26(24,2)25(18)29/h6,8,10,12,14-15,22-24H,4-5,7,9,11,13,16H2,1-3H3/b18-14+/t22-,23-,24-,26+/m1/s1. The number of nitrogens with zero attached hydrogens (tertiary/aromatic N) is 2. The number of carbonyl (C=O) groups excluding carboxylic acids is 1. The molecular formula is C26H32N2O2. The van der Waals surface area contributed by atoms with Gasteiger partial charge in [0.2, 0.25) is 0 Å². The lowest BCUT2D eigenvalue weighted by atomic mass is 9.55. The summed E-state index contributed by atoms with van der Waals surface area (Å²) < 4.78 is 7.47. The predicted octanol–water partition coefficient (Wildman–Crippen LogP) is 5.42. The van der Waals surface area contributed by atoms with Crippen LogP contribution in [-0.2, 0) is 17.8 Å². The largest absolute Gasteiger partial charge is 0.497 e. The number of allylic oxidation sites excluding steroid dienone is 1. The molecular weight excluding hydrogens is 372 g/mol. The van der Waals surface area contributed by atoms with Crippen molar-refractivity contribution in [1.82, 2.24) is 9.78 Å². The molecule has 1 aromatic heterocycles. The number of methoxy groups -OCH3 is 1. The van der Waals surface area contributed by atoms with Gasteiger partial charge in [-0.15, -0.1) is 0 Å². The number of ether oxygens (including phenoxy) is 1. The molecule has 0 unspecified atom stereocenters. The summed E-state index contributed by atoms with van der Waals surface area (Å²) in [5.41, 5.74) is 4.83. The Bertz CT molecular complexity index is 1000. The van der Waals surface area contributed by atoms with Crippen LogP contribution in [0.15, 0.2) is 36.0 Å². The SMILES string of the molecule is CCCn1nccc1/C=C1\C[C@@H]2[C@@H]3CCc4cc(OC)ccc4[C@H]3CC[C@]2(C)C1=O. The maximum atomic E-state index is 13.5. The summed E-state index contributed by atoms with van der Waals surface area (Å²) in [6.07, 6.45) is 10.3. The van der Waals surface area contributed by atoms with Gasteiger partial charge in [-0.05, 0) is 97.3 Å². The fourth-order valence-electron chi connectivity index (χ4n) is 6.53. The molecule has 0 saturated heterocycles. The lowest BCUT2D eigenvalue weighted by Gasteiger charge is -2.48. The van der Waals surface area contributed by atoms with Gasteiger partial charge in [0.1, 0.15) is 5.75 Å². The van der Waals surface area contributed by atoms with Gasteiger partial charge in [-0.3, -0.25) is 9.48 Å². The lowest BCUT2D eigenvalue weighted by Crippen LogP contribution is -2.42. The van der Waals surface area contributed by atoms with Crippen molar-refractivity contribution in [3.8, 4) is 5.75 Å². The van der Waals surface area contributed by atoms with Crippen LogP contribution in [-0.4, -0.2) is 22.7 Å². The monoisotopic (exact) mass is 404 g/mol. The number of hydrogen-bond acceptors (Lipinski definition) is 3. The molecule has 4 heteroatoms. The minimum Gasteiger partial charge on any atom is -0.497 e. The molecule has 5 rings (SSSR count). The molecule has 0 bridgehead atoms. The molecule has 30 heavy (non-hydrogen) atoms. The van der Waals surface area contributed by atoms with Crippen LogP contribution in [0.4, 0.5) is 0 Å². The van der Waals surface area contributed by atoms with Gasteiger partial charge in [-0.25, -0.2) is 0 Å². The van der Waals surface area contributed by atoms with Crippen LogP contribution in [0.2, 0.25) is 0 Å². The lowest BCUT2D eigenvalue weighted by molar-refractivity contribution is -0.127.